The van der Waals surface area contributed by atoms with E-state index in [0.717, 1.165) is 0 Å². The Balaban J connectivity index is 1.80. The Labute approximate surface area is 180 Å². The summed E-state index contributed by atoms with van der Waals surface area (Å²) in [5.74, 6) is 0.0658. The van der Waals surface area contributed by atoms with Gasteiger partial charge in [-0.1, -0.05) is 0 Å². The molecule has 0 atom stereocenters. The second-order valence-corrected chi connectivity index (χ2v) is 8.08. The van der Waals surface area contributed by atoms with Crippen LogP contribution >= 0.6 is 23.4 Å². The highest BCUT2D eigenvalue weighted by atomic mass is 35.5. The van der Waals surface area contributed by atoms with Gasteiger partial charge in [-0.15, -0.1) is 0 Å². The van der Waals surface area contributed by atoms with E-state index in [9.17, 15) is 13.6 Å². The minimum absolute atomic E-state index is 0.102. The van der Waals surface area contributed by atoms with Crippen LogP contribution in [-0.4, -0.2) is 41.2 Å². The van der Waals surface area contributed by atoms with Crippen molar-refractivity contribution < 1.29 is 18.3 Å². The van der Waals surface area contributed by atoms with E-state index in [2.05, 4.69) is 10.3 Å². The molecular formula is C19H18ClF2N5O2S. The minimum atomic E-state index is -3.41. The van der Waals surface area contributed by atoms with Gasteiger partial charge in [0.05, 0.1) is 17.9 Å². The van der Waals surface area contributed by atoms with Crippen molar-refractivity contribution in [1.82, 2.24) is 4.98 Å². The van der Waals surface area contributed by atoms with Crippen LogP contribution in [0, 0.1) is 5.41 Å². The van der Waals surface area contributed by atoms with Gasteiger partial charge in [-0.05, 0) is 66.0 Å². The number of nitrogens with two attached hydrogens (primary N) is 1. The molecule has 1 saturated heterocycles. The van der Waals surface area contributed by atoms with Gasteiger partial charge in [0, 0.05) is 28.9 Å². The number of nitrogens with zero attached hydrogens (tertiary/aromatic N) is 2. The number of ether oxygens (including phenoxy) is 1. The average Bonchev–Trinajstić information content (AvgIpc) is 3.22. The fraction of sp³-hybridized carbons (Fsp3) is 0.211. The summed E-state index contributed by atoms with van der Waals surface area (Å²) in [4.78, 5) is 19.1. The molecule has 0 aliphatic carbocycles. The summed E-state index contributed by atoms with van der Waals surface area (Å²) in [6.45, 7) is 1.51. The Kier molecular flexibility index (Phi) is 6.91. The van der Waals surface area contributed by atoms with Crippen LogP contribution in [0.5, 0.6) is 0 Å². The fourth-order valence-corrected chi connectivity index (χ4v) is 3.55. The molecule has 1 aromatic heterocycles. The number of anilines is 2. The summed E-state index contributed by atoms with van der Waals surface area (Å²) in [6, 6.07) is 7.40. The van der Waals surface area contributed by atoms with Crippen molar-refractivity contribution in [1.29, 1.82) is 5.41 Å². The molecule has 1 aliphatic rings. The van der Waals surface area contributed by atoms with Crippen LogP contribution in [0.15, 0.2) is 53.7 Å². The van der Waals surface area contributed by atoms with Crippen LogP contribution in [0.2, 0.25) is 0 Å². The maximum atomic E-state index is 12.9. The van der Waals surface area contributed by atoms with Crippen LogP contribution in [0.1, 0.15) is 15.9 Å². The van der Waals surface area contributed by atoms with E-state index in [1.807, 2.05) is 4.90 Å². The predicted molar refractivity (Wildman–Crippen MR) is 114 cm³/mol. The van der Waals surface area contributed by atoms with Gasteiger partial charge in [-0.25, -0.2) is 4.98 Å². The fourth-order valence-electron chi connectivity index (χ4n) is 2.74. The van der Waals surface area contributed by atoms with Gasteiger partial charge in [0.15, 0.2) is 0 Å². The summed E-state index contributed by atoms with van der Waals surface area (Å²) in [6.07, 6.45) is 4.05. The molecule has 0 unspecified atom stereocenters. The van der Waals surface area contributed by atoms with Crippen molar-refractivity contribution in [3.8, 4) is 0 Å². The van der Waals surface area contributed by atoms with Crippen molar-refractivity contribution in [3.05, 3.63) is 59.9 Å². The van der Waals surface area contributed by atoms with Gasteiger partial charge in [0.25, 0.3) is 5.91 Å². The molecule has 0 radical (unpaired) electrons. The number of benzene rings is 1. The molecule has 1 aromatic carbocycles. The van der Waals surface area contributed by atoms with E-state index in [1.165, 1.54) is 42.7 Å². The first kappa shape index (κ1) is 22.0. The topological polar surface area (TPSA) is 104 Å². The van der Waals surface area contributed by atoms with Crippen LogP contribution in [0.4, 0.5) is 20.3 Å². The van der Waals surface area contributed by atoms with E-state index in [4.69, 9.17) is 27.5 Å². The minimum Gasteiger partial charge on any atom is -0.405 e. The number of aromatic nitrogens is 1. The Hall–Kier alpha value is -2.69. The number of thioether (sulfide) groups is 1. The molecule has 0 bridgehead atoms. The summed E-state index contributed by atoms with van der Waals surface area (Å²) in [5.41, 5.74) is 6.59. The Morgan fingerprint density at radius 1 is 1.40 bits per heavy atom. The van der Waals surface area contributed by atoms with Gasteiger partial charge in [-0.3, -0.25) is 4.79 Å². The van der Waals surface area contributed by atoms with E-state index < -0.39 is 10.6 Å². The second kappa shape index (κ2) is 9.41. The quantitative estimate of drug-likeness (QED) is 0.334. The zero-order valence-electron chi connectivity index (χ0n) is 15.6. The number of nitrogens with one attached hydrogen (secondary N) is 2. The van der Waals surface area contributed by atoms with Crippen molar-refractivity contribution in [2.24, 2.45) is 5.73 Å². The summed E-state index contributed by atoms with van der Waals surface area (Å²) in [7, 11) is 0. The van der Waals surface area contributed by atoms with Gasteiger partial charge < -0.3 is 26.1 Å². The maximum Gasteiger partial charge on any atom is 0.375 e. The van der Waals surface area contributed by atoms with Crippen molar-refractivity contribution in [2.45, 2.75) is 9.61 Å². The highest BCUT2D eigenvalue weighted by molar-refractivity contribution is 8.01. The van der Waals surface area contributed by atoms with E-state index in [1.54, 1.807) is 6.07 Å². The molecule has 11 heteroatoms. The molecule has 3 rings (SSSR count). The normalized spacial score (nSPS) is 14.3. The van der Waals surface area contributed by atoms with Crippen molar-refractivity contribution in [2.75, 3.05) is 30.1 Å². The number of carbonyl (C=O) groups excluding carboxylic acids is 1. The number of alkyl halides is 3. The van der Waals surface area contributed by atoms with E-state index >= 15 is 0 Å². The predicted octanol–water partition coefficient (Wildman–Crippen LogP) is 3.85. The number of rotatable bonds is 7. The lowest BCUT2D eigenvalue weighted by atomic mass is 10.1. The smallest absolute Gasteiger partial charge is 0.375 e. The highest BCUT2D eigenvalue weighted by Gasteiger charge is 2.26. The molecule has 158 valence electrons. The van der Waals surface area contributed by atoms with E-state index in [-0.39, 0.29) is 27.9 Å². The summed E-state index contributed by atoms with van der Waals surface area (Å²) < 4.78 is 27.6. The molecule has 2 heterocycles. The molecule has 4 N–H and O–H groups in total. The van der Waals surface area contributed by atoms with Gasteiger partial charge in [0.2, 0.25) is 0 Å². The second-order valence-electron chi connectivity index (χ2n) is 6.20. The summed E-state index contributed by atoms with van der Waals surface area (Å²) >= 11 is 5.11. The molecule has 1 fully saturated rings. The van der Waals surface area contributed by atoms with Gasteiger partial charge in [-0.2, -0.15) is 8.78 Å². The molecular weight excluding hydrogens is 436 g/mol. The standard InChI is InChI=1S/C19H18ClF2N5O2S/c20-19(21,22)30-14-3-1-13(2-4-14)26-18(28)12-9-15(16(24)5-6-23)17(25-10-12)27-7-8-29-11-27/h1-6,9-10,24H,7-8,11,23H2,(H,26,28). The molecule has 7 nitrogen and oxygen atoms in total. The third-order valence-corrected chi connectivity index (χ3v) is 5.05. The average molecular weight is 454 g/mol. The number of allylic oxidation sites excluding steroid dienone is 1. The monoisotopic (exact) mass is 453 g/mol. The molecule has 0 spiro atoms. The zero-order valence-corrected chi connectivity index (χ0v) is 17.1. The van der Waals surface area contributed by atoms with E-state index in [0.29, 0.717) is 37.0 Å². The maximum absolute atomic E-state index is 12.9. The lowest BCUT2D eigenvalue weighted by molar-refractivity contribution is 0.102. The number of pyridine rings is 1. The Bertz CT molecular complexity index is 960. The van der Waals surface area contributed by atoms with Crippen molar-refractivity contribution in [3.63, 3.8) is 0 Å². The lowest BCUT2D eigenvalue weighted by Gasteiger charge is -2.19. The zero-order chi connectivity index (χ0) is 21.7. The third kappa shape index (κ3) is 5.68. The third-order valence-electron chi connectivity index (χ3n) is 4.08. The first-order valence-electron chi connectivity index (χ1n) is 8.74. The largest absolute Gasteiger partial charge is 0.405 e. The Morgan fingerprint density at radius 3 is 2.73 bits per heavy atom. The Morgan fingerprint density at radius 2 is 2.13 bits per heavy atom. The van der Waals surface area contributed by atoms with Crippen molar-refractivity contribution >= 4 is 46.5 Å². The number of carbonyl (C=O) groups is 1. The number of hydrogen-bond donors (Lipinski definition) is 3. The first-order valence-corrected chi connectivity index (χ1v) is 9.93. The van der Waals surface area contributed by atoms with Gasteiger partial charge >= 0.3 is 4.71 Å². The molecule has 1 amide bonds. The van der Waals surface area contributed by atoms with Gasteiger partial charge in [0.1, 0.15) is 12.5 Å². The molecule has 0 saturated carbocycles. The van der Waals surface area contributed by atoms with Crippen LogP contribution in [0.25, 0.3) is 0 Å². The number of amides is 1. The van der Waals surface area contributed by atoms with Crippen LogP contribution in [-0.2, 0) is 4.74 Å². The molecule has 1 aliphatic heterocycles. The number of hydrogen-bond acceptors (Lipinski definition) is 7. The SMILES string of the molecule is N=C(C=CN)c1cc(C(=O)Nc2ccc(SC(F)(F)Cl)cc2)cnc1N1CCOC1. The number of halogens is 3. The highest BCUT2D eigenvalue weighted by Crippen LogP contribution is 2.39. The molecule has 2 aromatic rings. The molecule has 30 heavy (non-hydrogen) atoms. The lowest BCUT2D eigenvalue weighted by Crippen LogP contribution is -2.23. The van der Waals surface area contributed by atoms with Crippen LogP contribution in [0.3, 0.4) is 0 Å². The first-order chi connectivity index (χ1) is 14.3. The van der Waals surface area contributed by atoms with Crippen LogP contribution < -0.4 is 16.0 Å². The summed E-state index contributed by atoms with van der Waals surface area (Å²) in [5, 5.41) is 10.9.